The summed E-state index contributed by atoms with van der Waals surface area (Å²) in [7, 11) is 0. The van der Waals surface area contributed by atoms with Crippen molar-refractivity contribution in [3.05, 3.63) is 71.5 Å². The Balaban J connectivity index is 1.39. The summed E-state index contributed by atoms with van der Waals surface area (Å²) in [6.07, 6.45) is 4.49. The summed E-state index contributed by atoms with van der Waals surface area (Å²) >= 11 is 0. The van der Waals surface area contributed by atoms with Crippen LogP contribution in [0.15, 0.2) is 54.6 Å². The predicted octanol–water partition coefficient (Wildman–Crippen LogP) is 3.46. The summed E-state index contributed by atoms with van der Waals surface area (Å²) in [6, 6.07) is 15.6. The van der Waals surface area contributed by atoms with E-state index in [9.17, 15) is 14.0 Å². The molecule has 1 N–H and O–H groups in total. The van der Waals surface area contributed by atoms with Gasteiger partial charge < -0.3 is 10.2 Å². The molecule has 6 heteroatoms. The summed E-state index contributed by atoms with van der Waals surface area (Å²) in [6.45, 7) is 2.93. The van der Waals surface area contributed by atoms with E-state index in [0.717, 1.165) is 18.4 Å². The highest BCUT2D eigenvalue weighted by molar-refractivity contribution is 5.94. The van der Waals surface area contributed by atoms with Crippen molar-refractivity contribution >= 4 is 11.8 Å². The number of rotatable bonds is 6. The van der Waals surface area contributed by atoms with Gasteiger partial charge in [-0.25, -0.2) is 4.39 Å². The fraction of sp³-hybridized carbons (Fsp3) is 0.440. The van der Waals surface area contributed by atoms with Crippen LogP contribution in [0.2, 0.25) is 0 Å². The molecule has 0 bridgehead atoms. The van der Waals surface area contributed by atoms with Crippen molar-refractivity contribution in [2.24, 2.45) is 5.92 Å². The minimum Gasteiger partial charge on any atom is -0.351 e. The van der Waals surface area contributed by atoms with Crippen molar-refractivity contribution in [2.45, 2.75) is 38.3 Å². The maximum atomic E-state index is 13.5. The van der Waals surface area contributed by atoms with E-state index in [1.165, 1.54) is 25.0 Å². The number of piperazine rings is 1. The van der Waals surface area contributed by atoms with Crippen molar-refractivity contribution in [3.63, 3.8) is 0 Å². The van der Waals surface area contributed by atoms with Crippen LogP contribution in [0, 0.1) is 11.7 Å². The van der Waals surface area contributed by atoms with Gasteiger partial charge in [0.25, 0.3) is 5.91 Å². The number of nitrogens with one attached hydrogen (secondary N) is 1. The first-order chi connectivity index (χ1) is 15.1. The van der Waals surface area contributed by atoms with Gasteiger partial charge in [-0.1, -0.05) is 49.2 Å². The van der Waals surface area contributed by atoms with Crippen LogP contribution in [0.3, 0.4) is 0 Å². The second kappa shape index (κ2) is 10.1. The van der Waals surface area contributed by atoms with Gasteiger partial charge in [-0.05, 0) is 42.5 Å². The lowest BCUT2D eigenvalue weighted by Gasteiger charge is -2.40. The Morgan fingerprint density at radius 3 is 2.35 bits per heavy atom. The summed E-state index contributed by atoms with van der Waals surface area (Å²) < 4.78 is 13.5. The van der Waals surface area contributed by atoms with Gasteiger partial charge in [-0.3, -0.25) is 14.5 Å². The van der Waals surface area contributed by atoms with Gasteiger partial charge in [0.2, 0.25) is 5.91 Å². The first-order valence-corrected chi connectivity index (χ1v) is 11.2. The average molecular weight is 424 g/mol. The molecule has 4 rings (SSSR count). The second-order valence-corrected chi connectivity index (χ2v) is 8.53. The molecule has 2 amide bonds. The van der Waals surface area contributed by atoms with Crippen molar-refractivity contribution in [3.8, 4) is 0 Å². The lowest BCUT2D eigenvalue weighted by molar-refractivity contribution is -0.129. The van der Waals surface area contributed by atoms with E-state index in [0.29, 0.717) is 44.2 Å². The highest BCUT2D eigenvalue weighted by Gasteiger charge is 2.37. The Bertz CT molecular complexity index is 891. The number of hydrogen-bond donors (Lipinski definition) is 1. The van der Waals surface area contributed by atoms with Crippen molar-refractivity contribution in [2.75, 3.05) is 26.2 Å². The van der Waals surface area contributed by atoms with Gasteiger partial charge in [0.05, 0.1) is 6.04 Å². The number of carbonyl (C=O) groups is 2. The molecule has 1 aliphatic heterocycles. The number of benzene rings is 2. The fourth-order valence-corrected chi connectivity index (χ4v) is 4.85. The molecule has 0 aromatic heterocycles. The van der Waals surface area contributed by atoms with Crippen molar-refractivity contribution < 1.29 is 14.0 Å². The first-order valence-electron chi connectivity index (χ1n) is 11.2. The maximum absolute atomic E-state index is 13.5. The lowest BCUT2D eigenvalue weighted by atomic mass is 9.94. The summed E-state index contributed by atoms with van der Waals surface area (Å²) in [5.74, 6) is -0.104. The third-order valence-electron chi connectivity index (χ3n) is 6.49. The van der Waals surface area contributed by atoms with Crippen LogP contribution in [0.25, 0.3) is 0 Å². The van der Waals surface area contributed by atoms with Gasteiger partial charge >= 0.3 is 0 Å². The first kappa shape index (κ1) is 21.5. The Hall–Kier alpha value is -2.73. The van der Waals surface area contributed by atoms with E-state index in [4.69, 9.17) is 0 Å². The minimum atomic E-state index is -0.402. The van der Waals surface area contributed by atoms with Crippen LogP contribution in [-0.2, 0) is 11.3 Å². The van der Waals surface area contributed by atoms with Gasteiger partial charge in [0.1, 0.15) is 5.82 Å². The van der Waals surface area contributed by atoms with Crippen LogP contribution >= 0.6 is 0 Å². The standard InChI is InChI=1S/C25H30FN3O2/c26-22-12-6-11-21(17-22)25(31)29-15-13-28(14-16-29)23(20-9-4-5-10-20)24(30)27-18-19-7-2-1-3-8-19/h1-3,6-8,11-12,17,20,23H,4-5,9-10,13-16,18H2,(H,27,30). The largest absolute Gasteiger partial charge is 0.351 e. The Morgan fingerprint density at radius 1 is 0.968 bits per heavy atom. The molecule has 1 saturated carbocycles. The lowest BCUT2D eigenvalue weighted by Crippen LogP contribution is -2.57. The van der Waals surface area contributed by atoms with Crippen molar-refractivity contribution in [1.29, 1.82) is 0 Å². The molecule has 1 aliphatic carbocycles. The Morgan fingerprint density at radius 2 is 1.68 bits per heavy atom. The van der Waals surface area contributed by atoms with Crippen LogP contribution in [-0.4, -0.2) is 53.8 Å². The Labute approximate surface area is 183 Å². The number of nitrogens with zero attached hydrogens (tertiary/aromatic N) is 2. The zero-order chi connectivity index (χ0) is 21.6. The van der Waals surface area contributed by atoms with E-state index >= 15 is 0 Å². The maximum Gasteiger partial charge on any atom is 0.254 e. The van der Waals surface area contributed by atoms with E-state index in [1.807, 2.05) is 30.3 Å². The molecule has 1 atom stereocenters. The molecule has 2 fully saturated rings. The molecule has 5 nitrogen and oxygen atoms in total. The summed E-state index contributed by atoms with van der Waals surface area (Å²) in [4.78, 5) is 29.9. The molecule has 2 aliphatic rings. The van der Waals surface area contributed by atoms with Crippen LogP contribution < -0.4 is 5.32 Å². The average Bonchev–Trinajstić information content (AvgIpc) is 3.33. The second-order valence-electron chi connectivity index (χ2n) is 8.53. The number of carbonyl (C=O) groups excluding carboxylic acids is 2. The molecule has 164 valence electrons. The van der Waals surface area contributed by atoms with E-state index in [1.54, 1.807) is 17.0 Å². The highest BCUT2D eigenvalue weighted by Crippen LogP contribution is 2.31. The topological polar surface area (TPSA) is 52.7 Å². The molecule has 2 aromatic rings. The third kappa shape index (κ3) is 5.31. The monoisotopic (exact) mass is 423 g/mol. The molecular formula is C25H30FN3O2. The summed E-state index contributed by atoms with van der Waals surface area (Å²) in [5.41, 5.74) is 1.47. The smallest absolute Gasteiger partial charge is 0.254 e. The van der Waals surface area contributed by atoms with Gasteiger partial charge in [-0.15, -0.1) is 0 Å². The van der Waals surface area contributed by atoms with Crippen LogP contribution in [0.5, 0.6) is 0 Å². The minimum absolute atomic E-state index is 0.0839. The highest BCUT2D eigenvalue weighted by atomic mass is 19.1. The van der Waals surface area contributed by atoms with Crippen LogP contribution in [0.4, 0.5) is 4.39 Å². The van der Waals surface area contributed by atoms with E-state index in [-0.39, 0.29) is 17.9 Å². The summed E-state index contributed by atoms with van der Waals surface area (Å²) in [5, 5.41) is 3.14. The van der Waals surface area contributed by atoms with E-state index in [2.05, 4.69) is 10.2 Å². The molecule has 31 heavy (non-hydrogen) atoms. The van der Waals surface area contributed by atoms with Gasteiger partial charge in [-0.2, -0.15) is 0 Å². The number of hydrogen-bond acceptors (Lipinski definition) is 3. The SMILES string of the molecule is O=C(NCc1ccccc1)C(C1CCCC1)N1CCN(C(=O)c2cccc(F)c2)CC1. The molecule has 0 spiro atoms. The zero-order valence-electron chi connectivity index (χ0n) is 17.8. The number of amides is 2. The molecule has 1 unspecified atom stereocenters. The van der Waals surface area contributed by atoms with Gasteiger partial charge in [0.15, 0.2) is 0 Å². The molecule has 1 saturated heterocycles. The molecule has 1 heterocycles. The third-order valence-corrected chi connectivity index (χ3v) is 6.49. The number of halogens is 1. The van der Waals surface area contributed by atoms with E-state index < -0.39 is 5.82 Å². The molecule has 2 aromatic carbocycles. The molecular weight excluding hydrogens is 393 g/mol. The fourth-order valence-electron chi connectivity index (χ4n) is 4.85. The van der Waals surface area contributed by atoms with Crippen molar-refractivity contribution in [1.82, 2.24) is 15.1 Å². The normalized spacial score (nSPS) is 18.7. The predicted molar refractivity (Wildman–Crippen MR) is 118 cm³/mol. The zero-order valence-corrected chi connectivity index (χ0v) is 17.8. The molecule has 0 radical (unpaired) electrons. The van der Waals surface area contributed by atoms with Gasteiger partial charge in [0, 0.05) is 38.3 Å². The Kier molecular flexibility index (Phi) is 6.97. The van der Waals surface area contributed by atoms with Crippen LogP contribution in [0.1, 0.15) is 41.6 Å². The quantitative estimate of drug-likeness (QED) is 0.774.